The Balaban J connectivity index is 2.27. The second-order valence-electron chi connectivity index (χ2n) is 4.73. The average molecular weight is 310 g/mol. The van der Waals surface area contributed by atoms with E-state index in [4.69, 9.17) is 14.7 Å². The van der Waals surface area contributed by atoms with Crippen LogP contribution in [0, 0.1) is 25.3 Å². The number of nitrogens with zero attached hydrogens (tertiary/aromatic N) is 3. The maximum absolute atomic E-state index is 8.86. The van der Waals surface area contributed by atoms with Gasteiger partial charge in [-0.05, 0) is 39.0 Å². The van der Waals surface area contributed by atoms with Gasteiger partial charge in [-0.2, -0.15) is 5.26 Å². The lowest BCUT2D eigenvalue weighted by atomic mass is 10.2. The molecule has 0 saturated carbocycles. The van der Waals surface area contributed by atoms with Gasteiger partial charge in [-0.3, -0.25) is 0 Å². The molecular weight excluding hydrogens is 292 g/mol. The van der Waals surface area contributed by atoms with E-state index in [1.807, 2.05) is 45.0 Å². The van der Waals surface area contributed by atoms with Crippen LogP contribution in [0.25, 0.3) is 0 Å². The third-order valence-electron chi connectivity index (χ3n) is 2.99. The lowest BCUT2D eigenvalue weighted by Gasteiger charge is -2.15. The van der Waals surface area contributed by atoms with E-state index in [1.165, 1.54) is 0 Å². The summed E-state index contributed by atoms with van der Waals surface area (Å²) >= 11 is 0. The van der Waals surface area contributed by atoms with Crippen LogP contribution in [-0.4, -0.2) is 17.6 Å². The molecule has 0 unspecified atom stereocenters. The van der Waals surface area contributed by atoms with Crippen molar-refractivity contribution in [2.24, 2.45) is 4.99 Å². The molecule has 1 aromatic carbocycles. The predicted molar refractivity (Wildman–Crippen MR) is 88.6 cm³/mol. The van der Waals surface area contributed by atoms with Crippen LogP contribution in [-0.2, 0) is 0 Å². The first-order valence-corrected chi connectivity index (χ1v) is 7.21. The third kappa shape index (κ3) is 4.45. The van der Waals surface area contributed by atoms with Crippen LogP contribution in [0.3, 0.4) is 0 Å². The number of aryl methyl sites for hydroxylation is 1. The lowest BCUT2D eigenvalue weighted by molar-refractivity contribution is 0.324. The highest BCUT2D eigenvalue weighted by Crippen LogP contribution is 2.25. The molecule has 0 atom stereocenters. The number of para-hydroxylation sites is 1. The average Bonchev–Trinajstić information content (AvgIpc) is 2.53. The van der Waals surface area contributed by atoms with Gasteiger partial charge in [-0.25, -0.2) is 4.98 Å². The van der Waals surface area contributed by atoms with Gasteiger partial charge in [0.05, 0.1) is 12.3 Å². The Kier molecular flexibility index (Phi) is 5.53. The van der Waals surface area contributed by atoms with E-state index >= 15 is 0 Å². The zero-order chi connectivity index (χ0) is 16.7. The summed E-state index contributed by atoms with van der Waals surface area (Å²) in [6, 6.07) is 11.1. The molecule has 2 rings (SSSR count). The van der Waals surface area contributed by atoms with E-state index < -0.39 is 0 Å². The summed E-state index contributed by atoms with van der Waals surface area (Å²) in [5.74, 6) is 1.13. The van der Waals surface area contributed by atoms with Crippen molar-refractivity contribution in [1.82, 2.24) is 4.98 Å². The molecule has 0 aliphatic carbocycles. The summed E-state index contributed by atoms with van der Waals surface area (Å²) in [5.41, 5.74) is 2.34. The highest BCUT2D eigenvalue weighted by molar-refractivity contribution is 5.92. The van der Waals surface area contributed by atoms with Gasteiger partial charge < -0.3 is 14.8 Å². The van der Waals surface area contributed by atoms with Gasteiger partial charge in [0.1, 0.15) is 5.75 Å². The molecule has 0 aliphatic heterocycles. The monoisotopic (exact) mass is 310 g/mol. The number of amidine groups is 1. The molecule has 1 heterocycles. The molecule has 2 aromatic rings. The Morgan fingerprint density at radius 3 is 2.70 bits per heavy atom. The molecule has 0 radical (unpaired) electrons. The number of rotatable bonds is 4. The minimum absolute atomic E-state index is 0.0925. The Hall–Kier alpha value is -3.07. The Morgan fingerprint density at radius 2 is 2.04 bits per heavy atom. The van der Waals surface area contributed by atoms with Gasteiger partial charge in [-0.1, -0.05) is 18.2 Å². The van der Waals surface area contributed by atoms with E-state index in [1.54, 1.807) is 18.3 Å². The second-order valence-corrected chi connectivity index (χ2v) is 4.73. The predicted octanol–water partition coefficient (Wildman–Crippen LogP) is 3.43. The third-order valence-corrected chi connectivity index (χ3v) is 2.99. The zero-order valence-electron chi connectivity index (χ0n) is 13.3. The minimum Gasteiger partial charge on any atom is -0.478 e. The van der Waals surface area contributed by atoms with Gasteiger partial charge in [0, 0.05) is 11.3 Å². The number of aromatic nitrogens is 1. The van der Waals surface area contributed by atoms with Crippen molar-refractivity contribution in [2.45, 2.75) is 20.8 Å². The van der Waals surface area contributed by atoms with Crippen LogP contribution in [0.15, 0.2) is 41.4 Å². The number of anilines is 1. The molecule has 6 heteroatoms. The summed E-state index contributed by atoms with van der Waals surface area (Å²) in [4.78, 5) is 8.04. The van der Waals surface area contributed by atoms with Crippen molar-refractivity contribution >= 4 is 11.7 Å². The fourth-order valence-electron chi connectivity index (χ4n) is 1.95. The topological polar surface area (TPSA) is 79.5 Å². The largest absolute Gasteiger partial charge is 0.478 e. The van der Waals surface area contributed by atoms with Crippen molar-refractivity contribution in [3.05, 3.63) is 47.7 Å². The normalized spacial score (nSPS) is 10.8. The van der Waals surface area contributed by atoms with E-state index in [-0.39, 0.29) is 6.02 Å². The smallest absolute Gasteiger partial charge is 0.310 e. The van der Waals surface area contributed by atoms with Gasteiger partial charge in [0.15, 0.2) is 0 Å². The molecule has 0 saturated heterocycles. The van der Waals surface area contributed by atoms with Crippen molar-refractivity contribution in [2.75, 3.05) is 11.9 Å². The van der Waals surface area contributed by atoms with E-state index in [0.717, 1.165) is 16.9 Å². The Bertz CT molecular complexity index is 736. The molecule has 0 fully saturated rings. The number of hydrogen-bond donors (Lipinski definition) is 1. The molecule has 0 aliphatic rings. The van der Waals surface area contributed by atoms with Crippen LogP contribution in [0.4, 0.5) is 5.69 Å². The molecule has 6 nitrogen and oxygen atoms in total. The quantitative estimate of drug-likeness (QED) is 0.531. The number of pyridine rings is 1. The SMILES string of the molecule is CCOc1nc(C)cc(N/C(=N\C#N)Oc2ccccc2)c1C. The standard InChI is InChI=1S/C17H18N4O2/c1-4-22-16-13(3)15(10-12(2)20-16)21-17(19-11-18)23-14-8-6-5-7-9-14/h5-10H,4H2,1-3H3,(H,19,20,21). The minimum atomic E-state index is 0.0925. The molecule has 118 valence electrons. The van der Waals surface area contributed by atoms with Crippen LogP contribution < -0.4 is 14.8 Å². The highest BCUT2D eigenvalue weighted by Gasteiger charge is 2.12. The Labute approximate surface area is 135 Å². The number of nitriles is 1. The number of ether oxygens (including phenoxy) is 2. The van der Waals surface area contributed by atoms with Crippen LogP contribution in [0.2, 0.25) is 0 Å². The Morgan fingerprint density at radius 1 is 1.30 bits per heavy atom. The summed E-state index contributed by atoms with van der Waals surface area (Å²) in [5, 5.41) is 11.9. The first kappa shape index (κ1) is 16.3. The number of aliphatic imine (C=N–C) groups is 1. The van der Waals surface area contributed by atoms with Crippen molar-refractivity contribution < 1.29 is 9.47 Å². The summed E-state index contributed by atoms with van der Waals surface area (Å²) in [6.45, 7) is 6.17. The van der Waals surface area contributed by atoms with E-state index in [0.29, 0.717) is 18.2 Å². The summed E-state index contributed by atoms with van der Waals surface area (Å²) in [6.07, 6.45) is 1.74. The number of nitrogens with one attached hydrogen (secondary N) is 1. The molecule has 23 heavy (non-hydrogen) atoms. The van der Waals surface area contributed by atoms with Crippen LogP contribution >= 0.6 is 0 Å². The molecule has 0 spiro atoms. The van der Waals surface area contributed by atoms with Crippen molar-refractivity contribution in [1.29, 1.82) is 5.26 Å². The number of hydrogen-bond acceptors (Lipinski definition) is 5. The maximum Gasteiger partial charge on any atom is 0.310 e. The van der Waals surface area contributed by atoms with E-state index in [9.17, 15) is 0 Å². The van der Waals surface area contributed by atoms with Crippen molar-refractivity contribution in [3.8, 4) is 17.8 Å². The molecular formula is C17H18N4O2. The molecule has 1 N–H and O–H groups in total. The van der Waals surface area contributed by atoms with Crippen LogP contribution in [0.1, 0.15) is 18.2 Å². The molecule has 0 bridgehead atoms. The van der Waals surface area contributed by atoms with Gasteiger partial charge in [0.25, 0.3) is 0 Å². The molecule has 0 amide bonds. The number of benzene rings is 1. The second kappa shape index (κ2) is 7.80. The van der Waals surface area contributed by atoms with Gasteiger partial charge in [0.2, 0.25) is 12.1 Å². The first-order valence-electron chi connectivity index (χ1n) is 7.21. The fraction of sp³-hybridized carbons (Fsp3) is 0.235. The molecule has 1 aromatic heterocycles. The van der Waals surface area contributed by atoms with E-state index in [2.05, 4.69) is 15.3 Å². The first-order chi connectivity index (χ1) is 11.1. The van der Waals surface area contributed by atoms with Crippen LogP contribution in [0.5, 0.6) is 11.6 Å². The van der Waals surface area contributed by atoms with Crippen molar-refractivity contribution in [3.63, 3.8) is 0 Å². The summed E-state index contributed by atoms with van der Waals surface area (Å²) in [7, 11) is 0. The fourth-order valence-corrected chi connectivity index (χ4v) is 1.95. The van der Waals surface area contributed by atoms with Gasteiger partial charge >= 0.3 is 6.02 Å². The maximum atomic E-state index is 8.86. The van der Waals surface area contributed by atoms with Gasteiger partial charge in [-0.15, -0.1) is 4.99 Å². The zero-order valence-corrected chi connectivity index (χ0v) is 13.3. The summed E-state index contributed by atoms with van der Waals surface area (Å²) < 4.78 is 11.1. The highest BCUT2D eigenvalue weighted by atomic mass is 16.5. The lowest BCUT2D eigenvalue weighted by Crippen LogP contribution is -2.20.